The van der Waals surface area contributed by atoms with Crippen molar-refractivity contribution in [3.05, 3.63) is 59.4 Å². The van der Waals surface area contributed by atoms with Crippen LogP contribution in [-0.4, -0.2) is 60.0 Å². The molecule has 0 N–H and O–H groups in total. The highest BCUT2D eigenvalue weighted by atomic mass is 28.4. The van der Waals surface area contributed by atoms with E-state index in [0.717, 1.165) is 49.9 Å². The molecule has 60 heavy (non-hydrogen) atoms. The Kier molecular flexibility index (Phi) is 12.7. The number of aromatic nitrogens is 2. The van der Waals surface area contributed by atoms with E-state index in [1.54, 1.807) is 13.2 Å². The van der Waals surface area contributed by atoms with E-state index in [1.165, 1.54) is 25.3 Å². The molecule has 6 nitrogen and oxygen atoms in total. The Morgan fingerprint density at radius 2 is 1.60 bits per heavy atom. The molecule has 2 unspecified atom stereocenters. The van der Waals surface area contributed by atoms with Crippen molar-refractivity contribution in [2.45, 2.75) is 142 Å². The van der Waals surface area contributed by atoms with Crippen molar-refractivity contribution in [1.82, 2.24) is 9.97 Å². The average molecular weight is 854 g/mol. The first-order valence-corrected chi connectivity index (χ1v) is 27.7. The summed E-state index contributed by atoms with van der Waals surface area (Å²) in [6.07, 6.45) is 7.28. The van der Waals surface area contributed by atoms with Crippen LogP contribution in [0, 0.1) is 40.3 Å². The number of methoxy groups -OCH3 is 1. The lowest BCUT2D eigenvalue weighted by Crippen LogP contribution is -2.43. The number of halogens is 2. The standard InChI is InChI=1S/C50H69F2N3O3Si2/c1-32(2)60(33(3)4,34(5)6)23-19-37-14-13-15-38-25-39(57-31-56-10)26-40(44(37)38)45-42(51)27-41-47(46(45)52)53-43(54-48(41)55-28-35-16-17-36(24-35)29-55)18-20-50(21-22-50)30-58-59(11,12)49(7,8)9/h13-15,25-27,32-36H,16-18,20-22,24,28-31H2,1-12H3. The van der Waals surface area contributed by atoms with Gasteiger partial charge in [-0.1, -0.05) is 80.4 Å². The number of rotatable bonds is 14. The van der Waals surface area contributed by atoms with Gasteiger partial charge in [0.05, 0.1) is 5.56 Å². The molecule has 2 bridgehead atoms. The van der Waals surface area contributed by atoms with Crippen LogP contribution in [0.1, 0.15) is 112 Å². The van der Waals surface area contributed by atoms with E-state index in [0.29, 0.717) is 68.6 Å². The normalized spacial score (nSPS) is 19.2. The molecule has 3 aromatic carbocycles. The zero-order valence-electron chi connectivity index (χ0n) is 38.5. The summed E-state index contributed by atoms with van der Waals surface area (Å²) in [5.74, 6) is 5.15. The number of aryl methyl sites for hydroxylation is 1. The van der Waals surface area contributed by atoms with Crippen molar-refractivity contribution in [1.29, 1.82) is 0 Å². The molecular formula is C50H69F2N3O3Si2. The molecule has 2 aliphatic carbocycles. The van der Waals surface area contributed by atoms with Gasteiger partial charge in [0.25, 0.3) is 0 Å². The van der Waals surface area contributed by atoms with Gasteiger partial charge in [-0.05, 0) is 120 Å². The summed E-state index contributed by atoms with van der Waals surface area (Å²) in [4.78, 5) is 12.5. The molecule has 2 saturated carbocycles. The molecule has 3 fully saturated rings. The fourth-order valence-corrected chi connectivity index (χ4v) is 16.6. The number of anilines is 1. The quantitative estimate of drug-likeness (QED) is 0.0715. The van der Waals surface area contributed by atoms with Gasteiger partial charge >= 0.3 is 0 Å². The lowest BCUT2D eigenvalue weighted by Gasteiger charge is -2.38. The molecule has 10 heteroatoms. The summed E-state index contributed by atoms with van der Waals surface area (Å²) in [6, 6.07) is 11.0. The van der Waals surface area contributed by atoms with Gasteiger partial charge < -0.3 is 18.8 Å². The van der Waals surface area contributed by atoms with Crippen molar-refractivity contribution in [2.75, 3.05) is 38.5 Å². The molecule has 2 heterocycles. The number of benzene rings is 3. The maximum absolute atomic E-state index is 17.8. The van der Waals surface area contributed by atoms with Gasteiger partial charge in [0.15, 0.2) is 20.9 Å². The monoisotopic (exact) mass is 853 g/mol. The summed E-state index contributed by atoms with van der Waals surface area (Å²) in [7, 11) is -2.50. The number of nitrogens with zero attached hydrogens (tertiary/aromatic N) is 3. The Hall–Kier alpha value is -3.37. The number of ether oxygens (including phenoxy) is 2. The molecule has 324 valence electrons. The highest BCUT2D eigenvalue weighted by Crippen LogP contribution is 2.52. The van der Waals surface area contributed by atoms with Crippen LogP contribution in [0.4, 0.5) is 14.6 Å². The van der Waals surface area contributed by atoms with Gasteiger partial charge in [-0.15, -0.1) is 5.54 Å². The van der Waals surface area contributed by atoms with Crippen LogP contribution in [0.15, 0.2) is 36.4 Å². The van der Waals surface area contributed by atoms with Crippen molar-refractivity contribution >= 4 is 43.9 Å². The molecule has 1 saturated heterocycles. The topological polar surface area (TPSA) is 56.7 Å². The van der Waals surface area contributed by atoms with E-state index in [1.807, 2.05) is 24.3 Å². The number of hydrogen-bond donors (Lipinski definition) is 0. The molecular weight excluding hydrogens is 785 g/mol. The Labute approximate surface area is 360 Å². The minimum absolute atomic E-state index is 0.00139. The van der Waals surface area contributed by atoms with E-state index in [2.05, 4.69) is 91.8 Å². The summed E-state index contributed by atoms with van der Waals surface area (Å²) in [5.41, 5.74) is 6.43. The van der Waals surface area contributed by atoms with Gasteiger partial charge in [0, 0.05) is 55.1 Å². The first-order valence-electron chi connectivity index (χ1n) is 22.6. The third-order valence-electron chi connectivity index (χ3n) is 15.0. The zero-order chi connectivity index (χ0) is 43.4. The maximum atomic E-state index is 17.8. The van der Waals surface area contributed by atoms with Crippen LogP contribution in [0.5, 0.6) is 5.75 Å². The van der Waals surface area contributed by atoms with Crippen molar-refractivity contribution in [2.24, 2.45) is 17.3 Å². The van der Waals surface area contributed by atoms with Gasteiger partial charge in [0.2, 0.25) is 0 Å². The lowest BCUT2D eigenvalue weighted by atomic mass is 9.92. The zero-order valence-corrected chi connectivity index (χ0v) is 40.5. The Morgan fingerprint density at radius 3 is 2.20 bits per heavy atom. The fraction of sp³-hybridized carbons (Fsp3) is 0.600. The molecule has 1 aliphatic heterocycles. The summed E-state index contributed by atoms with van der Waals surface area (Å²) in [5, 5.41) is 2.05. The minimum atomic E-state index is -2.13. The fourth-order valence-electron chi connectivity index (χ4n) is 10.3. The van der Waals surface area contributed by atoms with E-state index in [4.69, 9.17) is 23.9 Å². The van der Waals surface area contributed by atoms with Gasteiger partial charge in [-0.2, -0.15) is 0 Å². The second-order valence-corrected chi connectivity index (χ2v) is 31.4. The minimum Gasteiger partial charge on any atom is -0.468 e. The second-order valence-electron chi connectivity index (χ2n) is 21.0. The highest BCUT2D eigenvalue weighted by Gasteiger charge is 2.46. The Bertz CT molecular complexity index is 2250. The molecule has 0 radical (unpaired) electrons. The van der Waals surface area contributed by atoms with Crippen LogP contribution in [0.2, 0.25) is 34.8 Å². The van der Waals surface area contributed by atoms with Crippen LogP contribution < -0.4 is 9.64 Å². The average Bonchev–Trinajstić information content (AvgIpc) is 3.88. The van der Waals surface area contributed by atoms with Gasteiger partial charge in [-0.25, -0.2) is 18.7 Å². The van der Waals surface area contributed by atoms with E-state index in [9.17, 15) is 0 Å². The van der Waals surface area contributed by atoms with Crippen molar-refractivity contribution < 1.29 is 22.7 Å². The molecule has 0 amide bonds. The smallest absolute Gasteiger partial charge is 0.192 e. The summed E-state index contributed by atoms with van der Waals surface area (Å²) in [6.45, 7) is 27.6. The molecule has 1 aromatic heterocycles. The van der Waals surface area contributed by atoms with Crippen molar-refractivity contribution in [3.63, 3.8) is 0 Å². The van der Waals surface area contributed by atoms with Crippen LogP contribution in [0.25, 0.3) is 32.8 Å². The van der Waals surface area contributed by atoms with E-state index >= 15 is 8.78 Å². The largest absolute Gasteiger partial charge is 0.468 e. The van der Waals surface area contributed by atoms with Crippen molar-refractivity contribution in [3.8, 4) is 28.3 Å². The first-order chi connectivity index (χ1) is 28.3. The Morgan fingerprint density at radius 1 is 0.933 bits per heavy atom. The third-order valence-corrected chi connectivity index (χ3v) is 25.8. The predicted octanol–water partition coefficient (Wildman–Crippen LogP) is 13.3. The lowest BCUT2D eigenvalue weighted by molar-refractivity contribution is 0.0512. The van der Waals surface area contributed by atoms with E-state index < -0.39 is 28.0 Å². The van der Waals surface area contributed by atoms with E-state index in [-0.39, 0.29) is 28.3 Å². The number of fused-ring (bicyclic) bond motifs is 4. The second kappa shape index (κ2) is 17.1. The molecule has 7 rings (SSSR count). The SMILES string of the molecule is COCOc1cc(-c2c(F)cc3c(N4CC5CCC(C5)C4)nc(CCC4(CO[Si](C)(C)C(C)(C)C)CC4)nc3c2F)c2c(C#C[Si](C(C)C)(C(C)C)C(C)C)cccc2c1. The van der Waals surface area contributed by atoms with Gasteiger partial charge in [0.1, 0.15) is 36.8 Å². The van der Waals surface area contributed by atoms with Crippen LogP contribution in [-0.2, 0) is 15.6 Å². The predicted molar refractivity (Wildman–Crippen MR) is 249 cm³/mol. The van der Waals surface area contributed by atoms with Crippen LogP contribution >= 0.6 is 0 Å². The Balaban J connectivity index is 1.38. The number of piperidine rings is 1. The highest BCUT2D eigenvalue weighted by molar-refractivity contribution is 6.90. The molecule has 3 aliphatic rings. The molecule has 2 atom stereocenters. The molecule has 0 spiro atoms. The summed E-state index contributed by atoms with van der Waals surface area (Å²) >= 11 is 0. The maximum Gasteiger partial charge on any atom is 0.192 e. The third kappa shape index (κ3) is 8.67. The summed E-state index contributed by atoms with van der Waals surface area (Å²) < 4.78 is 53.0. The number of hydrogen-bond acceptors (Lipinski definition) is 6. The first kappa shape index (κ1) is 44.7. The van der Waals surface area contributed by atoms with Crippen LogP contribution in [0.3, 0.4) is 0 Å². The molecule has 4 aromatic rings. The van der Waals surface area contributed by atoms with Gasteiger partial charge in [-0.3, -0.25) is 0 Å².